The lowest BCUT2D eigenvalue weighted by Crippen LogP contribution is -2.19. The van der Waals surface area contributed by atoms with Crippen molar-refractivity contribution < 1.29 is 20.4 Å². The molecule has 1 rings (SSSR count). The summed E-state index contributed by atoms with van der Waals surface area (Å²) in [5.74, 6) is -0.890. The van der Waals surface area contributed by atoms with Crippen LogP contribution in [-0.2, 0) is 0 Å². The molecule has 0 amide bonds. The maximum absolute atomic E-state index is 9.43. The molecule has 0 fully saturated rings. The third kappa shape index (κ3) is 1.89. The molecule has 5 N–H and O–H groups in total. The summed E-state index contributed by atoms with van der Waals surface area (Å²) in [6, 6.07) is 1.77. The Balaban J connectivity index is 3.14. The van der Waals surface area contributed by atoms with E-state index in [-0.39, 0.29) is 23.9 Å². The molecule has 14 heavy (non-hydrogen) atoms. The van der Waals surface area contributed by atoms with Gasteiger partial charge in [-0.1, -0.05) is 0 Å². The molecule has 78 valence electrons. The first-order chi connectivity index (χ1) is 6.60. The van der Waals surface area contributed by atoms with Crippen molar-refractivity contribution in [1.29, 1.82) is 0 Å². The first-order valence-electron chi connectivity index (χ1n) is 4.13. The molecule has 5 nitrogen and oxygen atoms in total. The molecule has 0 aliphatic heterocycles. The Hall–Kier alpha value is -1.46. The van der Waals surface area contributed by atoms with Crippen LogP contribution >= 0.6 is 0 Å². The van der Waals surface area contributed by atoms with E-state index in [0.717, 1.165) is 6.07 Å². The number of nitrogens with one attached hydrogen (secondary N) is 1. The van der Waals surface area contributed by atoms with Crippen LogP contribution in [0.1, 0.15) is 11.6 Å². The fourth-order valence-corrected chi connectivity index (χ4v) is 1.21. The molecular formula is C9H13NO4. The van der Waals surface area contributed by atoms with Crippen LogP contribution in [0.3, 0.4) is 0 Å². The maximum Gasteiger partial charge on any atom is 0.161 e. The summed E-state index contributed by atoms with van der Waals surface area (Å²) in [6.45, 7) is -0.214. The fourth-order valence-electron chi connectivity index (χ4n) is 1.21. The van der Waals surface area contributed by atoms with Crippen molar-refractivity contribution >= 4 is 0 Å². The van der Waals surface area contributed by atoms with Crippen molar-refractivity contribution in [3.8, 4) is 17.2 Å². The average Bonchev–Trinajstić information content (AvgIpc) is 2.15. The van der Waals surface area contributed by atoms with Gasteiger partial charge < -0.3 is 25.7 Å². The lowest BCUT2D eigenvalue weighted by atomic mass is 10.1. The quantitative estimate of drug-likeness (QED) is 0.350. The fraction of sp³-hybridized carbons (Fsp3) is 0.333. The van der Waals surface area contributed by atoms with E-state index < -0.39 is 6.04 Å². The molecule has 0 bridgehead atoms. The maximum atomic E-state index is 9.43. The first kappa shape index (κ1) is 10.6. The summed E-state index contributed by atoms with van der Waals surface area (Å²) in [6.07, 6.45) is 0. The molecule has 1 aromatic rings. The van der Waals surface area contributed by atoms with Crippen LogP contribution in [0.2, 0.25) is 0 Å². The standard InChI is InChI=1S/C9H13NO4/c1-10-6(4-11)5-2-8(13)9(14)3-7(5)12/h2-3,6,10-14H,4H2,1H3. The molecule has 0 aliphatic rings. The van der Waals surface area contributed by atoms with Gasteiger partial charge >= 0.3 is 0 Å². The van der Waals surface area contributed by atoms with Gasteiger partial charge in [0.25, 0.3) is 0 Å². The highest BCUT2D eigenvalue weighted by molar-refractivity contribution is 5.49. The number of aliphatic hydroxyl groups is 1. The van der Waals surface area contributed by atoms with E-state index in [1.165, 1.54) is 6.07 Å². The molecule has 0 saturated heterocycles. The number of rotatable bonds is 3. The zero-order valence-electron chi connectivity index (χ0n) is 7.73. The van der Waals surface area contributed by atoms with Gasteiger partial charge in [-0.25, -0.2) is 0 Å². The molecule has 1 aromatic carbocycles. The molecule has 0 spiro atoms. The summed E-state index contributed by atoms with van der Waals surface area (Å²) in [7, 11) is 1.62. The zero-order chi connectivity index (χ0) is 10.7. The number of phenolic OH excluding ortho intramolecular Hbond substituents is 3. The van der Waals surface area contributed by atoms with Crippen LogP contribution in [0.15, 0.2) is 12.1 Å². The van der Waals surface area contributed by atoms with Crippen molar-refractivity contribution in [2.45, 2.75) is 6.04 Å². The molecule has 1 unspecified atom stereocenters. The second-order valence-electron chi connectivity index (χ2n) is 2.92. The molecule has 5 heteroatoms. The molecule has 0 saturated carbocycles. The van der Waals surface area contributed by atoms with E-state index in [9.17, 15) is 10.2 Å². The van der Waals surface area contributed by atoms with Crippen molar-refractivity contribution in [2.24, 2.45) is 0 Å². The highest BCUT2D eigenvalue weighted by Crippen LogP contribution is 2.34. The van der Waals surface area contributed by atoms with Crippen molar-refractivity contribution in [2.75, 3.05) is 13.7 Å². The van der Waals surface area contributed by atoms with Gasteiger partial charge in [-0.2, -0.15) is 0 Å². The Morgan fingerprint density at radius 1 is 1.14 bits per heavy atom. The highest BCUT2D eigenvalue weighted by atomic mass is 16.3. The number of hydrogen-bond donors (Lipinski definition) is 5. The summed E-state index contributed by atoms with van der Waals surface area (Å²) < 4.78 is 0. The smallest absolute Gasteiger partial charge is 0.161 e. The molecule has 1 atom stereocenters. The topological polar surface area (TPSA) is 93.0 Å². The van der Waals surface area contributed by atoms with Crippen LogP contribution in [0.4, 0.5) is 0 Å². The normalized spacial score (nSPS) is 12.7. The molecule has 0 aromatic heterocycles. The SMILES string of the molecule is CNC(CO)c1cc(O)c(O)cc1O. The Kier molecular flexibility index (Phi) is 3.16. The van der Waals surface area contributed by atoms with Crippen LogP contribution in [0.25, 0.3) is 0 Å². The molecule has 0 radical (unpaired) electrons. The summed E-state index contributed by atoms with van der Waals surface area (Å²) in [5, 5.41) is 39.4. The van der Waals surface area contributed by atoms with Gasteiger partial charge in [-0.3, -0.25) is 0 Å². The average molecular weight is 199 g/mol. The van der Waals surface area contributed by atoms with Gasteiger partial charge in [0, 0.05) is 11.6 Å². The minimum absolute atomic E-state index is 0.172. The van der Waals surface area contributed by atoms with E-state index in [1.54, 1.807) is 7.05 Å². The predicted molar refractivity (Wildman–Crippen MR) is 50.3 cm³/mol. The van der Waals surface area contributed by atoms with E-state index >= 15 is 0 Å². The summed E-state index contributed by atoms with van der Waals surface area (Å²) >= 11 is 0. The second kappa shape index (κ2) is 4.17. The minimum atomic E-state index is -0.471. The number of phenols is 3. The van der Waals surface area contributed by atoms with Gasteiger partial charge in [-0.15, -0.1) is 0 Å². The number of likely N-dealkylation sites (N-methyl/N-ethyl adjacent to an activating group) is 1. The van der Waals surface area contributed by atoms with Gasteiger partial charge in [0.15, 0.2) is 11.5 Å². The Morgan fingerprint density at radius 3 is 2.21 bits per heavy atom. The monoisotopic (exact) mass is 199 g/mol. The third-order valence-electron chi connectivity index (χ3n) is 2.03. The van der Waals surface area contributed by atoms with Crippen LogP contribution < -0.4 is 5.32 Å². The largest absolute Gasteiger partial charge is 0.507 e. The zero-order valence-corrected chi connectivity index (χ0v) is 7.73. The molecule has 0 aliphatic carbocycles. The lowest BCUT2D eigenvalue weighted by Gasteiger charge is -2.15. The third-order valence-corrected chi connectivity index (χ3v) is 2.03. The number of aliphatic hydroxyl groups excluding tert-OH is 1. The highest BCUT2D eigenvalue weighted by Gasteiger charge is 2.15. The molecule has 0 heterocycles. The van der Waals surface area contributed by atoms with E-state index in [0.29, 0.717) is 5.56 Å². The van der Waals surface area contributed by atoms with Crippen molar-refractivity contribution in [3.63, 3.8) is 0 Å². The summed E-state index contributed by atoms with van der Waals surface area (Å²) in [4.78, 5) is 0. The predicted octanol–water partition coefficient (Wildman–Crippen LogP) is 0.0562. The van der Waals surface area contributed by atoms with Gasteiger partial charge in [0.1, 0.15) is 5.75 Å². The van der Waals surface area contributed by atoms with Crippen molar-refractivity contribution in [1.82, 2.24) is 5.32 Å². The number of benzene rings is 1. The van der Waals surface area contributed by atoms with Crippen LogP contribution in [0, 0.1) is 0 Å². The van der Waals surface area contributed by atoms with E-state index in [2.05, 4.69) is 5.32 Å². The minimum Gasteiger partial charge on any atom is -0.507 e. The second-order valence-corrected chi connectivity index (χ2v) is 2.92. The Morgan fingerprint density at radius 2 is 1.71 bits per heavy atom. The van der Waals surface area contributed by atoms with Gasteiger partial charge in [0.2, 0.25) is 0 Å². The van der Waals surface area contributed by atoms with Crippen LogP contribution in [0.5, 0.6) is 17.2 Å². The molecular weight excluding hydrogens is 186 g/mol. The van der Waals surface area contributed by atoms with E-state index in [1.807, 2.05) is 0 Å². The van der Waals surface area contributed by atoms with Gasteiger partial charge in [0.05, 0.1) is 12.6 Å². The summed E-state index contributed by atoms with van der Waals surface area (Å²) in [5.41, 5.74) is 0.338. The van der Waals surface area contributed by atoms with Crippen LogP contribution in [-0.4, -0.2) is 34.1 Å². The van der Waals surface area contributed by atoms with E-state index in [4.69, 9.17) is 10.2 Å². The number of hydrogen-bond acceptors (Lipinski definition) is 5. The lowest BCUT2D eigenvalue weighted by molar-refractivity contribution is 0.247. The Labute approximate surface area is 81.3 Å². The van der Waals surface area contributed by atoms with Crippen molar-refractivity contribution in [3.05, 3.63) is 17.7 Å². The number of aromatic hydroxyl groups is 3. The van der Waals surface area contributed by atoms with Gasteiger partial charge in [-0.05, 0) is 13.1 Å². The Bertz CT molecular complexity index is 323. The first-order valence-corrected chi connectivity index (χ1v) is 4.13.